The first-order valence-corrected chi connectivity index (χ1v) is 3.52. The van der Waals surface area contributed by atoms with Crippen LogP contribution in [-0.4, -0.2) is 15.5 Å². The van der Waals surface area contributed by atoms with Gasteiger partial charge in [-0.05, 0) is 12.1 Å². The predicted octanol–water partition coefficient (Wildman–Crippen LogP) is 1.23. The van der Waals surface area contributed by atoms with Crippen LogP contribution in [0.2, 0.25) is 0 Å². The lowest BCUT2D eigenvalue weighted by Gasteiger charge is -2.16. The van der Waals surface area contributed by atoms with Gasteiger partial charge >= 0.3 is 0 Å². The molecule has 0 saturated heterocycles. The second-order valence-electron chi connectivity index (χ2n) is 2.62. The molecule has 0 saturated carbocycles. The summed E-state index contributed by atoms with van der Waals surface area (Å²) in [5, 5.41) is 0. The van der Waals surface area contributed by atoms with Gasteiger partial charge in [0.1, 0.15) is 17.0 Å². The maximum Gasteiger partial charge on any atom is 0.168 e. The summed E-state index contributed by atoms with van der Waals surface area (Å²) in [5.41, 5.74) is 0.901. The van der Waals surface area contributed by atoms with Gasteiger partial charge in [-0.1, -0.05) is 0 Å². The fraction of sp³-hybridized carbons (Fsp3) is 0.125. The van der Waals surface area contributed by atoms with Gasteiger partial charge in [0.2, 0.25) is 0 Å². The molecule has 2 aromatic heterocycles. The molecule has 2 rings (SSSR count). The van der Waals surface area contributed by atoms with E-state index in [-0.39, 0.29) is 5.82 Å². The standard InChI is InChI=1S/C8H7FN2O/c1-10-4-8-7(9)3-2-6(5-12)11(8)10/h2-5H,1H3. The van der Waals surface area contributed by atoms with Crippen LogP contribution in [0, 0.1) is 5.82 Å². The Bertz CT molecular complexity index is 441. The first-order chi connectivity index (χ1) is 5.74. The third-order valence-electron chi connectivity index (χ3n) is 1.86. The molecule has 2 heterocycles. The van der Waals surface area contributed by atoms with Crippen molar-refractivity contribution in [3.63, 3.8) is 0 Å². The van der Waals surface area contributed by atoms with E-state index in [0.29, 0.717) is 17.5 Å². The Labute approximate surface area is 68.0 Å². The van der Waals surface area contributed by atoms with Crippen molar-refractivity contribution in [3.8, 4) is 0 Å². The Hall–Kier alpha value is -1.58. The van der Waals surface area contributed by atoms with Crippen molar-refractivity contribution in [2.24, 2.45) is 7.05 Å². The Morgan fingerprint density at radius 1 is 1.50 bits per heavy atom. The van der Waals surface area contributed by atoms with Gasteiger partial charge in [-0.3, -0.25) is 9.48 Å². The summed E-state index contributed by atoms with van der Waals surface area (Å²) in [6.07, 6.45) is 2.33. The normalized spacial score (nSPS) is 10.8. The van der Waals surface area contributed by atoms with Gasteiger partial charge in [-0.15, -0.1) is 0 Å². The van der Waals surface area contributed by atoms with Gasteiger partial charge in [-0.25, -0.2) is 8.91 Å². The van der Waals surface area contributed by atoms with Crippen LogP contribution in [0.25, 0.3) is 5.52 Å². The number of hydrogen-bond acceptors (Lipinski definition) is 1. The van der Waals surface area contributed by atoms with Crippen LogP contribution in [0.4, 0.5) is 4.39 Å². The minimum absolute atomic E-state index is 0.307. The van der Waals surface area contributed by atoms with Crippen LogP contribution in [0.5, 0.6) is 0 Å². The highest BCUT2D eigenvalue weighted by Gasteiger charge is 2.08. The lowest BCUT2D eigenvalue weighted by atomic mass is 10.3. The molecule has 0 amide bonds. The van der Waals surface area contributed by atoms with Crippen LogP contribution in [-0.2, 0) is 7.05 Å². The van der Waals surface area contributed by atoms with Gasteiger partial charge in [0, 0.05) is 7.05 Å². The lowest BCUT2D eigenvalue weighted by Crippen LogP contribution is -2.16. The summed E-state index contributed by atoms with van der Waals surface area (Å²) in [7, 11) is 1.75. The van der Waals surface area contributed by atoms with E-state index in [1.54, 1.807) is 17.9 Å². The van der Waals surface area contributed by atoms with Crippen molar-refractivity contribution in [2.75, 3.05) is 0 Å². The molecule has 62 valence electrons. The first kappa shape index (κ1) is 7.09. The summed E-state index contributed by atoms with van der Waals surface area (Å²) >= 11 is 0. The number of carbonyl (C=O) groups excluding carboxylic acids is 1. The van der Waals surface area contributed by atoms with E-state index < -0.39 is 0 Å². The zero-order chi connectivity index (χ0) is 8.72. The van der Waals surface area contributed by atoms with Crippen molar-refractivity contribution in [2.45, 2.75) is 0 Å². The van der Waals surface area contributed by atoms with Gasteiger partial charge in [0.15, 0.2) is 6.29 Å². The highest BCUT2D eigenvalue weighted by molar-refractivity contribution is 5.74. The number of aryl methyl sites for hydroxylation is 1. The van der Waals surface area contributed by atoms with Crippen LogP contribution in [0.3, 0.4) is 0 Å². The number of rotatable bonds is 1. The number of aldehydes is 1. The van der Waals surface area contributed by atoms with E-state index in [9.17, 15) is 9.18 Å². The number of pyridine rings is 1. The maximum absolute atomic E-state index is 12.9. The largest absolute Gasteiger partial charge is 0.296 e. The Morgan fingerprint density at radius 3 is 2.83 bits per heavy atom. The highest BCUT2D eigenvalue weighted by atomic mass is 19.1. The number of aromatic nitrogens is 2. The highest BCUT2D eigenvalue weighted by Crippen LogP contribution is 2.13. The average Bonchev–Trinajstić information content (AvgIpc) is 2.06. The second kappa shape index (κ2) is 2.20. The molecule has 0 aromatic carbocycles. The molecule has 0 aliphatic carbocycles. The fourth-order valence-electron chi connectivity index (χ4n) is 1.29. The van der Waals surface area contributed by atoms with Crippen molar-refractivity contribution in [1.29, 1.82) is 0 Å². The monoisotopic (exact) mass is 166 g/mol. The molecule has 0 aliphatic heterocycles. The van der Waals surface area contributed by atoms with Gasteiger partial charge in [0.05, 0.1) is 6.20 Å². The Morgan fingerprint density at radius 2 is 2.25 bits per heavy atom. The van der Waals surface area contributed by atoms with Crippen molar-refractivity contribution < 1.29 is 9.18 Å². The van der Waals surface area contributed by atoms with E-state index in [2.05, 4.69) is 0 Å². The topological polar surface area (TPSA) is 26.4 Å². The number of halogens is 1. The van der Waals surface area contributed by atoms with Crippen LogP contribution in [0.15, 0.2) is 18.3 Å². The summed E-state index contributed by atoms with van der Waals surface area (Å²) < 4.78 is 16.1. The molecule has 12 heavy (non-hydrogen) atoms. The molecule has 0 radical (unpaired) electrons. The van der Waals surface area contributed by atoms with Crippen LogP contribution < -0.4 is 0 Å². The first-order valence-electron chi connectivity index (χ1n) is 3.52. The molecular weight excluding hydrogens is 159 g/mol. The summed E-state index contributed by atoms with van der Waals surface area (Å²) in [5.74, 6) is -0.307. The Kier molecular flexibility index (Phi) is 1.30. The molecule has 0 unspecified atom stereocenters. The number of fused-ring (bicyclic) bond motifs is 1. The molecule has 2 aromatic rings. The van der Waals surface area contributed by atoms with E-state index in [4.69, 9.17) is 0 Å². The molecule has 0 N–H and O–H groups in total. The average molecular weight is 166 g/mol. The molecular formula is C8H7FN2O. The molecule has 0 spiro atoms. The molecule has 0 atom stereocenters. The van der Waals surface area contributed by atoms with E-state index in [1.807, 2.05) is 0 Å². The minimum Gasteiger partial charge on any atom is -0.296 e. The number of nitrogens with zero attached hydrogens (tertiary/aromatic N) is 2. The van der Waals surface area contributed by atoms with Gasteiger partial charge in [0.25, 0.3) is 0 Å². The van der Waals surface area contributed by atoms with Crippen LogP contribution >= 0.6 is 0 Å². The fourth-order valence-corrected chi connectivity index (χ4v) is 1.29. The zero-order valence-electron chi connectivity index (χ0n) is 6.49. The van der Waals surface area contributed by atoms with Crippen molar-refractivity contribution >= 4 is 11.8 Å². The second-order valence-corrected chi connectivity index (χ2v) is 2.62. The third-order valence-corrected chi connectivity index (χ3v) is 1.86. The number of hydrogen-bond donors (Lipinski definition) is 0. The van der Waals surface area contributed by atoms with Gasteiger partial charge in [-0.2, -0.15) is 0 Å². The Balaban J connectivity index is 2.82. The summed E-state index contributed by atoms with van der Waals surface area (Å²) in [4.78, 5) is 10.5. The van der Waals surface area contributed by atoms with Gasteiger partial charge < -0.3 is 0 Å². The van der Waals surface area contributed by atoms with Crippen LogP contribution in [0.1, 0.15) is 10.5 Å². The van der Waals surface area contributed by atoms with E-state index >= 15 is 0 Å². The predicted molar refractivity (Wildman–Crippen MR) is 41.7 cm³/mol. The smallest absolute Gasteiger partial charge is 0.168 e. The number of carbonyl (C=O) groups is 1. The van der Waals surface area contributed by atoms with E-state index in [0.717, 1.165) is 0 Å². The quantitative estimate of drug-likeness (QED) is 0.585. The lowest BCUT2D eigenvalue weighted by molar-refractivity contribution is 0.111. The third kappa shape index (κ3) is 0.717. The summed E-state index contributed by atoms with van der Waals surface area (Å²) in [6.45, 7) is 0. The molecule has 0 bridgehead atoms. The molecule has 4 heteroatoms. The molecule has 3 nitrogen and oxygen atoms in total. The summed E-state index contributed by atoms with van der Waals surface area (Å²) in [6, 6.07) is 2.74. The SMILES string of the molecule is Cn1cc2c(F)ccc(C=O)n21. The minimum atomic E-state index is -0.307. The maximum atomic E-state index is 12.9. The van der Waals surface area contributed by atoms with Crippen molar-refractivity contribution in [1.82, 2.24) is 9.20 Å². The van der Waals surface area contributed by atoms with E-state index in [1.165, 1.54) is 16.6 Å². The molecule has 0 fully saturated rings. The van der Waals surface area contributed by atoms with Crippen molar-refractivity contribution in [3.05, 3.63) is 29.8 Å². The molecule has 0 aliphatic rings. The zero-order valence-corrected chi connectivity index (χ0v) is 6.49.